The molecular formula is C11H18N2O3S. The van der Waals surface area contributed by atoms with Crippen LogP contribution in [0.5, 0.6) is 0 Å². The number of nitro groups is 1. The quantitative estimate of drug-likeness (QED) is 0.420. The summed E-state index contributed by atoms with van der Waals surface area (Å²) in [6, 6.07) is 3.36. The highest BCUT2D eigenvalue weighted by Crippen LogP contribution is 2.23. The summed E-state index contributed by atoms with van der Waals surface area (Å²) in [5, 5.41) is 14.0. The normalized spacial score (nSPS) is 10.6. The van der Waals surface area contributed by atoms with Crippen molar-refractivity contribution in [2.75, 3.05) is 20.3 Å². The van der Waals surface area contributed by atoms with Crippen LogP contribution in [-0.4, -0.2) is 25.2 Å². The first kappa shape index (κ1) is 14.1. The van der Waals surface area contributed by atoms with Crippen LogP contribution in [0.1, 0.15) is 24.1 Å². The van der Waals surface area contributed by atoms with E-state index in [1.165, 1.54) is 11.3 Å². The van der Waals surface area contributed by atoms with E-state index in [4.69, 9.17) is 4.74 Å². The molecule has 0 aliphatic rings. The topological polar surface area (TPSA) is 64.4 Å². The van der Waals surface area contributed by atoms with E-state index in [1.54, 1.807) is 19.2 Å². The molecule has 0 saturated heterocycles. The summed E-state index contributed by atoms with van der Waals surface area (Å²) >= 11 is 1.23. The maximum absolute atomic E-state index is 10.5. The number of nitrogens with zero attached hydrogens (tertiary/aromatic N) is 1. The Morgan fingerprint density at radius 2 is 2.24 bits per heavy atom. The second kappa shape index (κ2) is 8.16. The molecule has 0 atom stereocenters. The third-order valence-electron chi connectivity index (χ3n) is 2.33. The fourth-order valence-corrected chi connectivity index (χ4v) is 2.23. The van der Waals surface area contributed by atoms with Crippen molar-refractivity contribution in [3.63, 3.8) is 0 Å². The van der Waals surface area contributed by atoms with Crippen molar-refractivity contribution in [1.29, 1.82) is 0 Å². The standard InChI is InChI=1S/C11H18N2O3S/c1-16-8-4-2-3-7-12-9-10-5-6-11(17-10)13(14)15/h5-6,12H,2-4,7-9H2,1H3. The summed E-state index contributed by atoms with van der Waals surface area (Å²) in [5.41, 5.74) is 0. The lowest BCUT2D eigenvalue weighted by molar-refractivity contribution is -0.380. The van der Waals surface area contributed by atoms with E-state index in [2.05, 4.69) is 5.32 Å². The lowest BCUT2D eigenvalue weighted by Gasteiger charge is -2.02. The predicted octanol–water partition coefficient (Wildman–Crippen LogP) is 2.56. The van der Waals surface area contributed by atoms with Gasteiger partial charge >= 0.3 is 5.00 Å². The summed E-state index contributed by atoms with van der Waals surface area (Å²) in [6.07, 6.45) is 3.34. The highest BCUT2D eigenvalue weighted by Gasteiger charge is 2.08. The fraction of sp³-hybridized carbons (Fsp3) is 0.636. The molecule has 96 valence electrons. The lowest BCUT2D eigenvalue weighted by atomic mass is 10.2. The first-order valence-electron chi connectivity index (χ1n) is 5.67. The molecule has 0 bridgehead atoms. The molecule has 0 radical (unpaired) electrons. The maximum Gasteiger partial charge on any atom is 0.324 e. The second-order valence-electron chi connectivity index (χ2n) is 3.73. The number of unbranched alkanes of at least 4 members (excludes halogenated alkanes) is 2. The van der Waals surface area contributed by atoms with Gasteiger partial charge in [0.15, 0.2) is 0 Å². The Morgan fingerprint density at radius 3 is 2.88 bits per heavy atom. The zero-order valence-electron chi connectivity index (χ0n) is 9.98. The average Bonchev–Trinajstić information content (AvgIpc) is 2.77. The van der Waals surface area contributed by atoms with Crippen LogP contribution >= 0.6 is 11.3 Å². The van der Waals surface area contributed by atoms with Crippen LogP contribution < -0.4 is 5.32 Å². The van der Waals surface area contributed by atoms with E-state index in [0.29, 0.717) is 6.54 Å². The van der Waals surface area contributed by atoms with Gasteiger partial charge in [-0.2, -0.15) is 0 Å². The Balaban J connectivity index is 2.07. The zero-order chi connectivity index (χ0) is 12.5. The molecule has 1 rings (SSSR count). The van der Waals surface area contributed by atoms with Gasteiger partial charge in [0.2, 0.25) is 0 Å². The Hall–Kier alpha value is -0.980. The average molecular weight is 258 g/mol. The molecule has 0 amide bonds. The molecule has 17 heavy (non-hydrogen) atoms. The Labute approximate surface area is 105 Å². The third-order valence-corrected chi connectivity index (χ3v) is 3.37. The second-order valence-corrected chi connectivity index (χ2v) is 4.87. The van der Waals surface area contributed by atoms with Gasteiger partial charge in [-0.3, -0.25) is 10.1 Å². The highest BCUT2D eigenvalue weighted by molar-refractivity contribution is 7.15. The van der Waals surface area contributed by atoms with E-state index in [1.807, 2.05) is 0 Å². The van der Waals surface area contributed by atoms with Gasteiger partial charge in [-0.15, -0.1) is 0 Å². The van der Waals surface area contributed by atoms with Gasteiger partial charge in [0, 0.05) is 31.2 Å². The minimum Gasteiger partial charge on any atom is -0.385 e. The van der Waals surface area contributed by atoms with Crippen molar-refractivity contribution < 1.29 is 9.66 Å². The Bertz CT molecular complexity index is 341. The van der Waals surface area contributed by atoms with Crippen LogP contribution in [0.25, 0.3) is 0 Å². The summed E-state index contributed by atoms with van der Waals surface area (Å²) in [6.45, 7) is 2.47. The van der Waals surface area contributed by atoms with Crippen LogP contribution in [0.3, 0.4) is 0 Å². The largest absolute Gasteiger partial charge is 0.385 e. The van der Waals surface area contributed by atoms with E-state index < -0.39 is 0 Å². The number of hydrogen-bond donors (Lipinski definition) is 1. The van der Waals surface area contributed by atoms with E-state index >= 15 is 0 Å². The van der Waals surface area contributed by atoms with Crippen molar-refractivity contribution in [1.82, 2.24) is 5.32 Å². The molecule has 0 saturated carbocycles. The van der Waals surface area contributed by atoms with Crippen LogP contribution in [-0.2, 0) is 11.3 Å². The molecule has 6 heteroatoms. The van der Waals surface area contributed by atoms with Crippen LogP contribution in [0, 0.1) is 10.1 Å². The summed E-state index contributed by atoms with van der Waals surface area (Å²) in [7, 11) is 1.71. The molecule has 1 aromatic rings. The first-order valence-corrected chi connectivity index (χ1v) is 6.48. The van der Waals surface area contributed by atoms with Gasteiger partial charge in [-0.05, 0) is 31.9 Å². The van der Waals surface area contributed by atoms with Crippen molar-refractivity contribution >= 4 is 16.3 Å². The minimum atomic E-state index is -0.348. The number of ether oxygens (including phenoxy) is 1. The Morgan fingerprint density at radius 1 is 1.41 bits per heavy atom. The van der Waals surface area contributed by atoms with Crippen LogP contribution in [0.15, 0.2) is 12.1 Å². The summed E-state index contributed by atoms with van der Waals surface area (Å²) < 4.78 is 4.96. The summed E-state index contributed by atoms with van der Waals surface area (Å²) in [5.74, 6) is 0. The first-order chi connectivity index (χ1) is 8.24. The maximum atomic E-state index is 10.5. The number of methoxy groups -OCH3 is 1. The van der Waals surface area contributed by atoms with E-state index in [0.717, 1.165) is 37.3 Å². The van der Waals surface area contributed by atoms with Gasteiger partial charge in [0.25, 0.3) is 0 Å². The van der Waals surface area contributed by atoms with Crippen molar-refractivity contribution in [2.45, 2.75) is 25.8 Å². The molecule has 0 spiro atoms. The lowest BCUT2D eigenvalue weighted by Crippen LogP contribution is -2.13. The molecule has 0 aromatic carbocycles. The molecule has 0 aliphatic carbocycles. The molecule has 1 N–H and O–H groups in total. The Kier molecular flexibility index (Phi) is 6.76. The van der Waals surface area contributed by atoms with E-state index in [9.17, 15) is 10.1 Å². The molecular weight excluding hydrogens is 240 g/mol. The van der Waals surface area contributed by atoms with Gasteiger partial charge in [-0.1, -0.05) is 11.3 Å². The van der Waals surface area contributed by atoms with Gasteiger partial charge in [0.05, 0.1) is 4.92 Å². The van der Waals surface area contributed by atoms with Gasteiger partial charge in [-0.25, -0.2) is 0 Å². The number of thiophene rings is 1. The molecule has 0 unspecified atom stereocenters. The molecule has 1 heterocycles. The van der Waals surface area contributed by atoms with Gasteiger partial charge in [0.1, 0.15) is 0 Å². The summed E-state index contributed by atoms with van der Waals surface area (Å²) in [4.78, 5) is 11.1. The van der Waals surface area contributed by atoms with Crippen molar-refractivity contribution in [2.24, 2.45) is 0 Å². The molecule has 0 aliphatic heterocycles. The van der Waals surface area contributed by atoms with E-state index in [-0.39, 0.29) is 9.92 Å². The number of nitrogens with one attached hydrogen (secondary N) is 1. The monoisotopic (exact) mass is 258 g/mol. The fourth-order valence-electron chi connectivity index (χ4n) is 1.44. The SMILES string of the molecule is COCCCCCNCc1ccc([N+](=O)[O-])s1. The minimum absolute atomic E-state index is 0.210. The molecule has 0 fully saturated rings. The zero-order valence-corrected chi connectivity index (χ0v) is 10.8. The molecule has 1 aromatic heterocycles. The smallest absolute Gasteiger partial charge is 0.324 e. The third kappa shape index (κ3) is 5.76. The molecule has 5 nitrogen and oxygen atoms in total. The van der Waals surface area contributed by atoms with Gasteiger partial charge < -0.3 is 10.1 Å². The number of hydrogen-bond acceptors (Lipinski definition) is 5. The number of rotatable bonds is 9. The predicted molar refractivity (Wildman–Crippen MR) is 68.4 cm³/mol. The van der Waals surface area contributed by atoms with Crippen molar-refractivity contribution in [3.8, 4) is 0 Å². The van der Waals surface area contributed by atoms with Crippen molar-refractivity contribution in [3.05, 3.63) is 27.1 Å². The van der Waals surface area contributed by atoms with Crippen LogP contribution in [0.2, 0.25) is 0 Å². The van der Waals surface area contributed by atoms with Crippen LogP contribution in [0.4, 0.5) is 5.00 Å². The highest BCUT2D eigenvalue weighted by atomic mass is 32.1.